The van der Waals surface area contributed by atoms with Crippen LogP contribution in [0, 0.1) is 6.92 Å². The molecule has 1 saturated heterocycles. The van der Waals surface area contributed by atoms with Crippen molar-refractivity contribution in [3.05, 3.63) is 27.7 Å². The van der Waals surface area contributed by atoms with Gasteiger partial charge in [0, 0.05) is 12.8 Å². The zero-order chi connectivity index (χ0) is 17.8. The number of aliphatic carboxylic acids is 1. The summed E-state index contributed by atoms with van der Waals surface area (Å²) in [7, 11) is 1.59. The van der Waals surface area contributed by atoms with Gasteiger partial charge in [0.1, 0.15) is 22.8 Å². The van der Waals surface area contributed by atoms with Gasteiger partial charge in [-0.1, -0.05) is 11.6 Å². The van der Waals surface area contributed by atoms with Crippen LogP contribution in [0.5, 0.6) is 0 Å². The molecule has 0 spiro atoms. The summed E-state index contributed by atoms with van der Waals surface area (Å²) in [5, 5.41) is 15.8. The van der Waals surface area contributed by atoms with Crippen LogP contribution in [-0.2, 0) is 16.6 Å². The van der Waals surface area contributed by atoms with Gasteiger partial charge in [-0.2, -0.15) is 5.10 Å². The lowest BCUT2D eigenvalue weighted by Gasteiger charge is -2.49. The highest BCUT2D eigenvalue weighted by Crippen LogP contribution is 2.40. The average Bonchev–Trinajstić information content (AvgIpc) is 2.76. The summed E-state index contributed by atoms with van der Waals surface area (Å²) >= 11 is 7.50. The van der Waals surface area contributed by atoms with Crippen molar-refractivity contribution in [1.82, 2.24) is 20.0 Å². The third kappa shape index (κ3) is 2.39. The molecule has 1 fully saturated rings. The first-order valence-electron chi connectivity index (χ1n) is 7.11. The average molecular weight is 371 g/mol. The highest BCUT2D eigenvalue weighted by molar-refractivity contribution is 8.00. The molecule has 0 aliphatic carbocycles. The molecule has 0 radical (unpaired) electrons. The van der Waals surface area contributed by atoms with E-state index in [-0.39, 0.29) is 16.4 Å². The number of halogens is 1. The Labute approximate surface area is 146 Å². The Bertz CT molecular complexity index is 803. The van der Waals surface area contributed by atoms with Crippen LogP contribution in [0.4, 0.5) is 0 Å². The van der Waals surface area contributed by atoms with Gasteiger partial charge in [-0.15, -0.1) is 11.8 Å². The van der Waals surface area contributed by atoms with Crippen LogP contribution < -0.4 is 5.32 Å². The summed E-state index contributed by atoms with van der Waals surface area (Å²) in [6, 6.07) is -0.781. The molecule has 3 heterocycles. The Kier molecular flexibility index (Phi) is 4.08. The lowest BCUT2D eigenvalue weighted by Crippen LogP contribution is -2.70. The van der Waals surface area contributed by atoms with Crippen molar-refractivity contribution in [3.8, 4) is 0 Å². The standard InChI is InChI=1S/C14H15ClN4O4S/c1-5-4-24-13-8(12(21)19(13)9(5)14(22)23)16-11(20)10-7(15)6(2)17-18(10)3/h8,13H,4H2,1-3H3,(H,16,20)(H,22,23)/t8-,13-/m1/s1. The fourth-order valence-electron chi connectivity index (χ4n) is 2.86. The van der Waals surface area contributed by atoms with Crippen LogP contribution in [0.25, 0.3) is 0 Å². The number of hydrogen-bond donors (Lipinski definition) is 2. The number of carboxylic acids is 1. The van der Waals surface area contributed by atoms with Crippen LogP contribution in [0.3, 0.4) is 0 Å². The summed E-state index contributed by atoms with van der Waals surface area (Å²) in [4.78, 5) is 37.4. The molecule has 24 heavy (non-hydrogen) atoms. The topological polar surface area (TPSA) is 105 Å². The van der Waals surface area contributed by atoms with Gasteiger partial charge in [0.05, 0.1) is 10.7 Å². The highest BCUT2D eigenvalue weighted by Gasteiger charge is 2.53. The Balaban J connectivity index is 1.81. The molecular formula is C14H15ClN4O4S. The molecule has 1 aromatic heterocycles. The fourth-order valence-corrected chi connectivity index (χ4v) is 4.40. The second-order valence-electron chi connectivity index (χ2n) is 5.67. The van der Waals surface area contributed by atoms with Crippen LogP contribution >= 0.6 is 23.4 Å². The molecular weight excluding hydrogens is 356 g/mol. The highest BCUT2D eigenvalue weighted by atomic mass is 35.5. The number of hydrogen-bond acceptors (Lipinski definition) is 5. The first-order chi connectivity index (χ1) is 11.2. The number of aryl methyl sites for hydroxylation is 2. The number of thioether (sulfide) groups is 1. The van der Waals surface area contributed by atoms with Crippen LogP contribution in [0.1, 0.15) is 23.1 Å². The Morgan fingerprint density at radius 1 is 1.42 bits per heavy atom. The zero-order valence-electron chi connectivity index (χ0n) is 13.2. The van der Waals surface area contributed by atoms with E-state index in [2.05, 4.69) is 10.4 Å². The first kappa shape index (κ1) is 16.8. The summed E-state index contributed by atoms with van der Waals surface area (Å²) < 4.78 is 1.36. The molecule has 1 aromatic rings. The molecule has 2 amide bonds. The number of rotatable bonds is 3. The summed E-state index contributed by atoms with van der Waals surface area (Å²) in [5.41, 5.74) is 1.33. The normalized spacial score (nSPS) is 23.0. The number of amides is 2. The largest absolute Gasteiger partial charge is 0.477 e. The molecule has 8 nitrogen and oxygen atoms in total. The lowest BCUT2D eigenvalue weighted by atomic mass is 10.0. The maximum atomic E-state index is 12.4. The minimum atomic E-state index is -1.14. The van der Waals surface area contributed by atoms with Gasteiger partial charge in [-0.3, -0.25) is 19.2 Å². The molecule has 2 N–H and O–H groups in total. The van der Waals surface area contributed by atoms with E-state index >= 15 is 0 Å². The maximum absolute atomic E-state index is 12.4. The van der Waals surface area contributed by atoms with Crippen LogP contribution in [0.15, 0.2) is 11.3 Å². The third-order valence-corrected chi connectivity index (χ3v) is 5.89. The quantitative estimate of drug-likeness (QED) is 0.761. The Morgan fingerprint density at radius 3 is 2.62 bits per heavy atom. The predicted molar refractivity (Wildman–Crippen MR) is 87.6 cm³/mol. The van der Waals surface area contributed by atoms with Crippen LogP contribution in [-0.4, -0.2) is 54.7 Å². The monoisotopic (exact) mass is 370 g/mol. The van der Waals surface area contributed by atoms with Crippen molar-refractivity contribution >= 4 is 41.1 Å². The molecule has 0 unspecified atom stereocenters. The van der Waals surface area contributed by atoms with Gasteiger partial charge in [0.2, 0.25) is 0 Å². The lowest BCUT2D eigenvalue weighted by molar-refractivity contribution is -0.148. The number of fused-ring (bicyclic) bond motifs is 1. The van der Waals surface area contributed by atoms with Gasteiger partial charge in [0.15, 0.2) is 0 Å². The molecule has 2 aliphatic heterocycles. The van der Waals surface area contributed by atoms with E-state index in [4.69, 9.17) is 11.6 Å². The molecule has 2 atom stereocenters. The number of aromatic nitrogens is 2. The molecule has 0 saturated carbocycles. The van der Waals surface area contributed by atoms with Crippen molar-refractivity contribution in [2.24, 2.45) is 7.05 Å². The zero-order valence-corrected chi connectivity index (χ0v) is 14.7. The molecule has 3 rings (SSSR count). The summed E-state index contributed by atoms with van der Waals surface area (Å²) in [5.74, 6) is -1.59. The van der Waals surface area contributed by atoms with E-state index in [1.807, 2.05) is 0 Å². The molecule has 0 bridgehead atoms. The van der Waals surface area contributed by atoms with E-state index in [0.29, 0.717) is 17.0 Å². The smallest absolute Gasteiger partial charge is 0.352 e. The number of β-lactam (4-membered cyclic amide) rings is 1. The van der Waals surface area contributed by atoms with E-state index in [1.54, 1.807) is 20.9 Å². The predicted octanol–water partition coefficient (Wildman–Crippen LogP) is 0.754. The van der Waals surface area contributed by atoms with E-state index < -0.39 is 29.2 Å². The van der Waals surface area contributed by atoms with Crippen LogP contribution in [0.2, 0.25) is 5.02 Å². The van der Waals surface area contributed by atoms with Crippen molar-refractivity contribution in [3.63, 3.8) is 0 Å². The van der Waals surface area contributed by atoms with E-state index in [9.17, 15) is 19.5 Å². The number of nitrogens with zero attached hydrogens (tertiary/aromatic N) is 3. The summed E-state index contributed by atoms with van der Waals surface area (Å²) in [6.07, 6.45) is 0. The Morgan fingerprint density at radius 2 is 2.08 bits per heavy atom. The summed E-state index contributed by atoms with van der Waals surface area (Å²) in [6.45, 7) is 3.36. The SMILES string of the molecule is CC1=C(C(=O)O)N2C(=O)[C@@H](NC(=O)c3c(Cl)c(C)nn3C)[C@H]2SC1. The molecule has 2 aliphatic rings. The second kappa shape index (κ2) is 5.82. The van der Waals surface area contributed by atoms with E-state index in [0.717, 1.165) is 0 Å². The number of carbonyl (C=O) groups excluding carboxylic acids is 2. The second-order valence-corrected chi connectivity index (χ2v) is 7.15. The maximum Gasteiger partial charge on any atom is 0.352 e. The molecule has 10 heteroatoms. The van der Waals surface area contributed by atoms with Gasteiger partial charge in [-0.25, -0.2) is 4.79 Å². The van der Waals surface area contributed by atoms with Crippen molar-refractivity contribution in [1.29, 1.82) is 0 Å². The molecule has 128 valence electrons. The minimum Gasteiger partial charge on any atom is -0.477 e. The number of carbonyl (C=O) groups is 3. The van der Waals surface area contributed by atoms with Crippen molar-refractivity contribution in [2.75, 3.05) is 5.75 Å². The number of carboxylic acid groups (broad SMARTS) is 1. The fraction of sp³-hybridized carbons (Fsp3) is 0.429. The molecule has 0 aromatic carbocycles. The number of nitrogens with one attached hydrogen (secondary N) is 1. The minimum absolute atomic E-state index is 0.00339. The van der Waals surface area contributed by atoms with Crippen molar-refractivity contribution in [2.45, 2.75) is 25.3 Å². The third-order valence-electron chi connectivity index (χ3n) is 4.01. The van der Waals surface area contributed by atoms with Gasteiger partial charge in [-0.05, 0) is 19.4 Å². The van der Waals surface area contributed by atoms with Gasteiger partial charge < -0.3 is 10.4 Å². The first-order valence-corrected chi connectivity index (χ1v) is 8.54. The Hall–Kier alpha value is -2.00. The van der Waals surface area contributed by atoms with Gasteiger partial charge in [0.25, 0.3) is 11.8 Å². The van der Waals surface area contributed by atoms with Crippen molar-refractivity contribution < 1.29 is 19.5 Å². The van der Waals surface area contributed by atoms with E-state index in [1.165, 1.54) is 21.3 Å². The van der Waals surface area contributed by atoms with Gasteiger partial charge >= 0.3 is 5.97 Å².